The predicted molar refractivity (Wildman–Crippen MR) is 141 cm³/mol. The second-order valence-electron chi connectivity index (χ2n) is 8.36. The summed E-state index contributed by atoms with van der Waals surface area (Å²) in [6, 6.07) is 5.82. The number of imidazole rings is 1. The van der Waals surface area contributed by atoms with E-state index in [1.807, 2.05) is 6.08 Å². The van der Waals surface area contributed by atoms with E-state index in [-0.39, 0.29) is 34.2 Å². The Balaban J connectivity index is 1.63. The zero-order chi connectivity index (χ0) is 27.0. The summed E-state index contributed by atoms with van der Waals surface area (Å²) in [5.74, 6) is -1.96. The minimum Gasteiger partial charge on any atom is -0.494 e. The highest BCUT2D eigenvalue weighted by Gasteiger charge is 2.25. The fraction of sp³-hybridized carbons (Fsp3) is 0.148. The molecule has 1 amide bonds. The first-order chi connectivity index (χ1) is 18.4. The minimum atomic E-state index is -0.874. The number of aromatic nitrogens is 3. The Kier molecular flexibility index (Phi) is 6.73. The number of carbonyl (C=O) groups excluding carboxylic acids is 1. The van der Waals surface area contributed by atoms with E-state index in [0.717, 1.165) is 6.07 Å². The van der Waals surface area contributed by atoms with Crippen molar-refractivity contribution in [2.24, 2.45) is 0 Å². The number of benzene rings is 1. The monoisotopic (exact) mass is 537 g/mol. The largest absolute Gasteiger partial charge is 0.494 e. The average Bonchev–Trinajstić information content (AvgIpc) is 3.41. The van der Waals surface area contributed by atoms with Crippen LogP contribution in [0.3, 0.4) is 0 Å². The van der Waals surface area contributed by atoms with E-state index in [9.17, 15) is 4.79 Å². The Morgan fingerprint density at radius 3 is 2.61 bits per heavy atom. The second kappa shape index (κ2) is 10.1. The molecule has 0 bridgehead atoms. The lowest BCUT2D eigenvalue weighted by atomic mass is 10.0. The molecular weight excluding hydrogens is 516 g/mol. The van der Waals surface area contributed by atoms with Crippen LogP contribution in [0, 0.1) is 11.6 Å². The van der Waals surface area contributed by atoms with E-state index in [2.05, 4.69) is 22.2 Å². The fourth-order valence-corrected chi connectivity index (χ4v) is 4.63. The Bertz CT molecular complexity index is 1640. The van der Waals surface area contributed by atoms with Crippen molar-refractivity contribution in [3.8, 4) is 22.6 Å². The van der Waals surface area contributed by atoms with Crippen LogP contribution in [0.5, 0.6) is 11.5 Å². The third-order valence-corrected chi connectivity index (χ3v) is 6.49. The zero-order valence-electron chi connectivity index (χ0n) is 20.4. The van der Waals surface area contributed by atoms with Gasteiger partial charge in [-0.05, 0) is 36.8 Å². The maximum Gasteiger partial charge on any atom is 0.243 e. The van der Waals surface area contributed by atoms with Crippen LogP contribution in [0.25, 0.3) is 27.8 Å². The first kappa shape index (κ1) is 25.2. The minimum absolute atomic E-state index is 0.162. The molecule has 5 rings (SSSR count). The van der Waals surface area contributed by atoms with Gasteiger partial charge in [-0.2, -0.15) is 0 Å². The summed E-state index contributed by atoms with van der Waals surface area (Å²) in [5, 5.41) is 7.06. The van der Waals surface area contributed by atoms with Crippen molar-refractivity contribution in [3.63, 3.8) is 0 Å². The number of methoxy groups -OCH3 is 2. The molecular formula is C27H22ClF2N5O3. The Labute approximate surface area is 221 Å². The molecule has 1 aliphatic rings. The summed E-state index contributed by atoms with van der Waals surface area (Å²) in [5.41, 5.74) is 1.21. The van der Waals surface area contributed by atoms with Gasteiger partial charge in [-0.1, -0.05) is 24.3 Å². The van der Waals surface area contributed by atoms with Gasteiger partial charge in [0.1, 0.15) is 17.1 Å². The van der Waals surface area contributed by atoms with Crippen LogP contribution >= 0.6 is 11.6 Å². The summed E-state index contributed by atoms with van der Waals surface area (Å²) in [4.78, 5) is 21.0. The van der Waals surface area contributed by atoms with E-state index in [0.29, 0.717) is 34.0 Å². The SMILES string of the molecule is C=CC(=O)NC1CC=CC(Cl)=C1Nc1ccc2cc(-c3c(F)c(OC)cc(OC)c3F)c3nccn3c2n1. The van der Waals surface area contributed by atoms with E-state index in [1.165, 1.54) is 26.5 Å². The molecule has 0 spiro atoms. The number of carbonyl (C=O) groups is 1. The van der Waals surface area contributed by atoms with Crippen molar-refractivity contribution >= 4 is 40.0 Å². The molecule has 1 aliphatic carbocycles. The van der Waals surface area contributed by atoms with Crippen molar-refractivity contribution in [2.75, 3.05) is 19.5 Å². The zero-order valence-corrected chi connectivity index (χ0v) is 21.1. The van der Waals surface area contributed by atoms with Gasteiger partial charge in [0, 0.05) is 29.4 Å². The first-order valence-electron chi connectivity index (χ1n) is 11.5. The van der Waals surface area contributed by atoms with E-state index in [1.54, 1.807) is 34.9 Å². The number of fused-ring (bicyclic) bond motifs is 3. The number of nitrogens with zero attached hydrogens (tertiary/aromatic N) is 3. The molecule has 0 saturated carbocycles. The van der Waals surface area contributed by atoms with E-state index >= 15 is 8.78 Å². The standard InChI is InChI=1S/C27H22ClF2N5O3/c1-4-21(36)32-17-7-5-6-16(28)25(17)33-20-9-8-14-12-15(27-31-10-11-35(27)26(14)34-20)22-23(29)18(37-2)13-19(38-3)24(22)30/h4-6,8-13,17H,1,7H2,2-3H3,(H,32,36)(H,33,34). The molecule has 3 aromatic heterocycles. The summed E-state index contributed by atoms with van der Waals surface area (Å²) in [7, 11) is 2.58. The fourth-order valence-electron chi connectivity index (χ4n) is 4.36. The van der Waals surface area contributed by atoms with Gasteiger partial charge < -0.3 is 20.1 Å². The van der Waals surface area contributed by atoms with Gasteiger partial charge in [0.25, 0.3) is 0 Å². The number of anilines is 1. The molecule has 1 unspecified atom stereocenters. The summed E-state index contributed by atoms with van der Waals surface area (Å²) in [6.45, 7) is 3.49. The smallest absolute Gasteiger partial charge is 0.243 e. The first-order valence-corrected chi connectivity index (χ1v) is 11.9. The number of amides is 1. The van der Waals surface area contributed by atoms with Crippen molar-refractivity contribution in [1.82, 2.24) is 19.7 Å². The molecule has 8 nitrogen and oxygen atoms in total. The molecule has 38 heavy (non-hydrogen) atoms. The van der Waals surface area contributed by atoms with E-state index in [4.69, 9.17) is 26.1 Å². The van der Waals surface area contributed by atoms with Crippen LogP contribution in [-0.2, 0) is 4.79 Å². The van der Waals surface area contributed by atoms with Gasteiger partial charge in [0.05, 0.1) is 36.6 Å². The topological polar surface area (TPSA) is 89.8 Å². The molecule has 0 aliphatic heterocycles. The molecule has 194 valence electrons. The third-order valence-electron chi connectivity index (χ3n) is 6.16. The van der Waals surface area contributed by atoms with E-state index < -0.39 is 17.7 Å². The normalized spacial score (nSPS) is 15.1. The third kappa shape index (κ3) is 4.32. The number of pyridine rings is 2. The van der Waals surface area contributed by atoms with Crippen LogP contribution in [0.4, 0.5) is 14.6 Å². The van der Waals surface area contributed by atoms with Gasteiger partial charge in [-0.3, -0.25) is 9.20 Å². The lowest BCUT2D eigenvalue weighted by Crippen LogP contribution is -2.38. The van der Waals surface area contributed by atoms with Crippen LogP contribution in [0.1, 0.15) is 6.42 Å². The Morgan fingerprint density at radius 1 is 1.18 bits per heavy atom. The average molecular weight is 538 g/mol. The Morgan fingerprint density at radius 2 is 1.92 bits per heavy atom. The van der Waals surface area contributed by atoms with Crippen molar-refractivity contribution in [2.45, 2.75) is 12.5 Å². The van der Waals surface area contributed by atoms with Crippen LogP contribution in [0.15, 0.2) is 72.2 Å². The second-order valence-corrected chi connectivity index (χ2v) is 8.77. The molecule has 0 saturated heterocycles. The molecule has 0 fully saturated rings. The summed E-state index contributed by atoms with van der Waals surface area (Å²) < 4.78 is 42.5. The number of ether oxygens (including phenoxy) is 2. The molecule has 3 heterocycles. The van der Waals surface area contributed by atoms with Crippen molar-refractivity contribution < 1.29 is 23.0 Å². The quantitative estimate of drug-likeness (QED) is 0.309. The summed E-state index contributed by atoms with van der Waals surface area (Å²) in [6.07, 6.45) is 8.48. The van der Waals surface area contributed by atoms with Gasteiger partial charge in [0.15, 0.2) is 23.1 Å². The molecule has 0 radical (unpaired) electrons. The maximum atomic E-state index is 15.3. The lowest BCUT2D eigenvalue weighted by Gasteiger charge is -2.25. The van der Waals surface area contributed by atoms with Gasteiger partial charge in [-0.15, -0.1) is 0 Å². The maximum absolute atomic E-state index is 15.3. The highest BCUT2D eigenvalue weighted by atomic mass is 35.5. The highest BCUT2D eigenvalue weighted by Crippen LogP contribution is 2.40. The van der Waals surface area contributed by atoms with Gasteiger partial charge in [0.2, 0.25) is 5.91 Å². The van der Waals surface area contributed by atoms with Crippen molar-refractivity contribution in [1.29, 1.82) is 0 Å². The van der Waals surface area contributed by atoms with Crippen LogP contribution < -0.4 is 20.1 Å². The van der Waals surface area contributed by atoms with Crippen molar-refractivity contribution in [3.05, 3.63) is 83.8 Å². The van der Waals surface area contributed by atoms with Crippen LogP contribution in [0.2, 0.25) is 0 Å². The Hall–Kier alpha value is -4.44. The number of allylic oxidation sites excluding steroid dienone is 2. The number of hydrogen-bond acceptors (Lipinski definition) is 6. The van der Waals surface area contributed by atoms with Gasteiger partial charge >= 0.3 is 0 Å². The number of rotatable bonds is 7. The molecule has 1 aromatic carbocycles. The predicted octanol–water partition coefficient (Wildman–Crippen LogP) is 5.34. The number of hydrogen-bond donors (Lipinski definition) is 2. The molecule has 11 heteroatoms. The number of nitrogens with one attached hydrogen (secondary N) is 2. The molecule has 4 aromatic rings. The molecule has 1 atom stereocenters. The van der Waals surface area contributed by atoms with Gasteiger partial charge in [-0.25, -0.2) is 18.7 Å². The lowest BCUT2D eigenvalue weighted by molar-refractivity contribution is -0.116. The summed E-state index contributed by atoms with van der Waals surface area (Å²) >= 11 is 6.44. The molecule has 2 N–H and O–H groups in total. The number of halogens is 3. The van der Waals surface area contributed by atoms with Crippen LogP contribution in [-0.4, -0.2) is 40.5 Å². The highest BCUT2D eigenvalue weighted by molar-refractivity contribution is 6.32.